The van der Waals surface area contributed by atoms with Gasteiger partial charge < -0.3 is 5.32 Å². The number of para-hydroxylation sites is 1. The topological polar surface area (TPSA) is 29.9 Å². The maximum absolute atomic E-state index is 4.38. The highest BCUT2D eigenvalue weighted by atomic mass is 15.3. The van der Waals surface area contributed by atoms with Gasteiger partial charge >= 0.3 is 0 Å². The van der Waals surface area contributed by atoms with E-state index in [1.54, 1.807) is 0 Å². The van der Waals surface area contributed by atoms with Gasteiger partial charge in [0.25, 0.3) is 0 Å². The maximum atomic E-state index is 4.38. The average Bonchev–Trinajstić information content (AvgIpc) is 2.81. The predicted octanol–water partition coefficient (Wildman–Crippen LogP) is 2.54. The third-order valence-corrected chi connectivity index (χ3v) is 2.78. The van der Waals surface area contributed by atoms with Crippen molar-refractivity contribution in [3.8, 4) is 5.69 Å². The molecule has 84 valence electrons. The number of benzene rings is 1. The lowest BCUT2D eigenvalue weighted by Gasteiger charge is -2.10. The van der Waals surface area contributed by atoms with E-state index in [2.05, 4.69) is 35.7 Å². The van der Waals surface area contributed by atoms with Gasteiger partial charge in [0.2, 0.25) is 0 Å². The minimum absolute atomic E-state index is 0.387. The molecule has 2 rings (SSSR count). The number of hydrogen-bond donors (Lipinski definition) is 1. The highest BCUT2D eigenvalue weighted by Gasteiger charge is 2.09. The smallest absolute Gasteiger partial charge is 0.0645 e. The van der Waals surface area contributed by atoms with Gasteiger partial charge in [-0.1, -0.05) is 25.1 Å². The summed E-state index contributed by atoms with van der Waals surface area (Å²) in [6.07, 6.45) is 5.08. The molecule has 0 aliphatic rings. The standard InChI is InChI=1S/C13H17N3/c1-3-13(14-2)11-9-15-16(10-11)12-7-5-4-6-8-12/h4-10,13-14H,3H2,1-2H3. The van der Waals surface area contributed by atoms with E-state index in [4.69, 9.17) is 0 Å². The van der Waals surface area contributed by atoms with Crippen molar-refractivity contribution >= 4 is 0 Å². The number of nitrogens with zero attached hydrogens (tertiary/aromatic N) is 2. The Morgan fingerprint density at radius 3 is 2.69 bits per heavy atom. The van der Waals surface area contributed by atoms with Gasteiger partial charge in [0, 0.05) is 17.8 Å². The molecule has 0 aliphatic carbocycles. The molecular weight excluding hydrogens is 198 g/mol. The van der Waals surface area contributed by atoms with Gasteiger partial charge in [-0.3, -0.25) is 0 Å². The van der Waals surface area contributed by atoms with Gasteiger partial charge in [-0.2, -0.15) is 5.10 Å². The second kappa shape index (κ2) is 4.94. The van der Waals surface area contributed by atoms with Crippen LogP contribution in [0.4, 0.5) is 0 Å². The Morgan fingerprint density at radius 1 is 1.31 bits per heavy atom. The zero-order chi connectivity index (χ0) is 11.4. The second-order valence-electron chi connectivity index (χ2n) is 3.80. The molecule has 0 bridgehead atoms. The summed E-state index contributed by atoms with van der Waals surface area (Å²) < 4.78 is 1.91. The summed E-state index contributed by atoms with van der Waals surface area (Å²) in [6.45, 7) is 2.17. The molecule has 1 atom stereocenters. The Bertz CT molecular complexity index is 429. The molecule has 1 heterocycles. The van der Waals surface area contributed by atoms with Crippen LogP contribution in [0, 0.1) is 0 Å². The minimum atomic E-state index is 0.387. The molecule has 0 radical (unpaired) electrons. The largest absolute Gasteiger partial charge is 0.313 e. The normalized spacial score (nSPS) is 12.6. The zero-order valence-corrected chi connectivity index (χ0v) is 9.72. The van der Waals surface area contributed by atoms with Crippen LogP contribution in [-0.2, 0) is 0 Å². The molecule has 1 aromatic carbocycles. The summed E-state index contributed by atoms with van der Waals surface area (Å²) in [7, 11) is 1.98. The molecule has 0 fully saturated rings. The van der Waals surface area contributed by atoms with E-state index in [0.717, 1.165) is 12.1 Å². The monoisotopic (exact) mass is 215 g/mol. The highest BCUT2D eigenvalue weighted by molar-refractivity contribution is 5.31. The molecule has 3 heteroatoms. The van der Waals surface area contributed by atoms with E-state index < -0.39 is 0 Å². The van der Waals surface area contributed by atoms with Crippen LogP contribution >= 0.6 is 0 Å². The van der Waals surface area contributed by atoms with Crippen LogP contribution in [0.1, 0.15) is 24.9 Å². The summed E-state index contributed by atoms with van der Waals surface area (Å²) >= 11 is 0. The molecule has 3 nitrogen and oxygen atoms in total. The van der Waals surface area contributed by atoms with Crippen molar-refractivity contribution in [2.45, 2.75) is 19.4 Å². The lowest BCUT2D eigenvalue weighted by molar-refractivity contribution is 0.577. The van der Waals surface area contributed by atoms with Gasteiger partial charge in [0.15, 0.2) is 0 Å². The van der Waals surface area contributed by atoms with Crippen LogP contribution in [-0.4, -0.2) is 16.8 Å². The predicted molar refractivity (Wildman–Crippen MR) is 65.7 cm³/mol. The Labute approximate surface area is 96.1 Å². The van der Waals surface area contributed by atoms with Crippen molar-refractivity contribution < 1.29 is 0 Å². The van der Waals surface area contributed by atoms with Crippen LogP contribution in [0.15, 0.2) is 42.7 Å². The zero-order valence-electron chi connectivity index (χ0n) is 9.72. The van der Waals surface area contributed by atoms with E-state index >= 15 is 0 Å². The van der Waals surface area contributed by atoms with E-state index in [1.165, 1.54) is 5.56 Å². The SMILES string of the molecule is CCC(NC)c1cnn(-c2ccccc2)c1. The summed E-state index contributed by atoms with van der Waals surface area (Å²) in [6, 6.07) is 10.5. The summed E-state index contributed by atoms with van der Waals surface area (Å²) in [5.74, 6) is 0. The van der Waals surface area contributed by atoms with E-state index in [-0.39, 0.29) is 0 Å². The first-order chi connectivity index (χ1) is 7.85. The molecule has 1 aromatic heterocycles. The fourth-order valence-electron chi connectivity index (χ4n) is 1.85. The molecule has 0 amide bonds. The van der Waals surface area contributed by atoms with Gasteiger partial charge in [-0.05, 0) is 25.6 Å². The fourth-order valence-corrected chi connectivity index (χ4v) is 1.85. The van der Waals surface area contributed by atoms with E-state index in [0.29, 0.717) is 6.04 Å². The molecule has 0 saturated carbocycles. The number of rotatable bonds is 4. The van der Waals surface area contributed by atoms with Crippen LogP contribution in [0.2, 0.25) is 0 Å². The Hall–Kier alpha value is -1.61. The molecule has 1 unspecified atom stereocenters. The lowest BCUT2D eigenvalue weighted by atomic mass is 10.1. The number of aromatic nitrogens is 2. The Kier molecular flexibility index (Phi) is 3.37. The number of nitrogens with one attached hydrogen (secondary N) is 1. The quantitative estimate of drug-likeness (QED) is 0.849. The van der Waals surface area contributed by atoms with Gasteiger partial charge in [-0.15, -0.1) is 0 Å². The van der Waals surface area contributed by atoms with Crippen LogP contribution < -0.4 is 5.32 Å². The van der Waals surface area contributed by atoms with Crippen molar-refractivity contribution in [3.63, 3.8) is 0 Å². The minimum Gasteiger partial charge on any atom is -0.313 e. The molecule has 1 N–H and O–H groups in total. The van der Waals surface area contributed by atoms with Crippen LogP contribution in [0.25, 0.3) is 5.69 Å². The molecule has 0 spiro atoms. The van der Waals surface area contributed by atoms with E-state index in [1.807, 2.05) is 36.1 Å². The summed E-state index contributed by atoms with van der Waals surface area (Å²) in [4.78, 5) is 0. The lowest BCUT2D eigenvalue weighted by Crippen LogP contribution is -2.14. The van der Waals surface area contributed by atoms with Gasteiger partial charge in [0.05, 0.1) is 11.9 Å². The van der Waals surface area contributed by atoms with Crippen molar-refractivity contribution in [2.75, 3.05) is 7.05 Å². The van der Waals surface area contributed by atoms with Crippen molar-refractivity contribution in [3.05, 3.63) is 48.3 Å². The maximum Gasteiger partial charge on any atom is 0.0645 e. The average molecular weight is 215 g/mol. The first-order valence-corrected chi connectivity index (χ1v) is 5.62. The second-order valence-corrected chi connectivity index (χ2v) is 3.80. The van der Waals surface area contributed by atoms with Crippen molar-refractivity contribution in [1.29, 1.82) is 0 Å². The van der Waals surface area contributed by atoms with Gasteiger partial charge in [0.1, 0.15) is 0 Å². The van der Waals surface area contributed by atoms with E-state index in [9.17, 15) is 0 Å². The first-order valence-electron chi connectivity index (χ1n) is 5.62. The molecule has 16 heavy (non-hydrogen) atoms. The first kappa shape index (κ1) is 10.9. The van der Waals surface area contributed by atoms with Crippen molar-refractivity contribution in [1.82, 2.24) is 15.1 Å². The highest BCUT2D eigenvalue weighted by Crippen LogP contribution is 2.16. The van der Waals surface area contributed by atoms with Crippen molar-refractivity contribution in [2.24, 2.45) is 0 Å². The molecule has 2 aromatic rings. The Morgan fingerprint density at radius 2 is 2.06 bits per heavy atom. The summed E-state index contributed by atoms with van der Waals surface area (Å²) in [5.41, 5.74) is 2.33. The molecular formula is C13H17N3. The third kappa shape index (κ3) is 2.14. The van der Waals surface area contributed by atoms with Crippen LogP contribution in [0.3, 0.4) is 0 Å². The summed E-state index contributed by atoms with van der Waals surface area (Å²) in [5, 5.41) is 7.66. The third-order valence-electron chi connectivity index (χ3n) is 2.78. The molecule has 0 saturated heterocycles. The molecule has 0 aliphatic heterocycles. The Balaban J connectivity index is 2.26. The fraction of sp³-hybridized carbons (Fsp3) is 0.308. The number of hydrogen-bond acceptors (Lipinski definition) is 2. The van der Waals surface area contributed by atoms with Gasteiger partial charge in [-0.25, -0.2) is 4.68 Å². The van der Waals surface area contributed by atoms with Crippen LogP contribution in [0.5, 0.6) is 0 Å².